The predicted octanol–water partition coefficient (Wildman–Crippen LogP) is 2.50. The normalized spacial score (nSPS) is 26.9. The standard InChI is InChI=1S/C19H28FN3O2/c1-19(2)16(14-7-8-25-17(14)19)22-18(24)21-10-12-5-6-15(20)13(9-12)11-23(3)4/h5-6,9,14,16-17H,7-8,10-11H2,1-4H3,(H2,21,22,24)/t14-,16-,17+/m1/s1. The number of carbonyl (C=O) groups is 1. The van der Waals surface area contributed by atoms with E-state index < -0.39 is 0 Å². The van der Waals surface area contributed by atoms with Gasteiger partial charge in [-0.2, -0.15) is 0 Å². The van der Waals surface area contributed by atoms with Crippen LogP contribution in [0.25, 0.3) is 0 Å². The van der Waals surface area contributed by atoms with Crippen molar-refractivity contribution in [2.75, 3.05) is 20.7 Å². The molecular formula is C19H28FN3O2. The Morgan fingerprint density at radius 2 is 2.16 bits per heavy atom. The van der Waals surface area contributed by atoms with Crippen molar-refractivity contribution in [1.82, 2.24) is 15.5 Å². The lowest BCUT2D eigenvalue weighted by molar-refractivity contribution is -0.108. The first-order valence-electron chi connectivity index (χ1n) is 8.87. The van der Waals surface area contributed by atoms with E-state index in [2.05, 4.69) is 24.5 Å². The van der Waals surface area contributed by atoms with E-state index in [0.29, 0.717) is 24.6 Å². The van der Waals surface area contributed by atoms with Gasteiger partial charge in [-0.1, -0.05) is 19.9 Å². The first kappa shape index (κ1) is 18.1. The average molecular weight is 349 g/mol. The Kier molecular flexibility index (Phi) is 5.02. The van der Waals surface area contributed by atoms with Crippen LogP contribution < -0.4 is 10.6 Å². The predicted molar refractivity (Wildman–Crippen MR) is 94.6 cm³/mol. The summed E-state index contributed by atoms with van der Waals surface area (Å²) >= 11 is 0. The smallest absolute Gasteiger partial charge is 0.315 e. The number of rotatable bonds is 5. The maximum Gasteiger partial charge on any atom is 0.315 e. The van der Waals surface area contributed by atoms with Gasteiger partial charge in [0, 0.05) is 42.6 Å². The highest BCUT2D eigenvalue weighted by molar-refractivity contribution is 5.74. The first-order chi connectivity index (χ1) is 11.8. The zero-order chi connectivity index (χ0) is 18.2. The highest BCUT2D eigenvalue weighted by atomic mass is 19.1. The molecule has 0 bridgehead atoms. The fourth-order valence-corrected chi connectivity index (χ4v) is 4.19. The number of amides is 2. The van der Waals surface area contributed by atoms with Crippen molar-refractivity contribution < 1.29 is 13.9 Å². The van der Waals surface area contributed by atoms with Crippen molar-refractivity contribution in [1.29, 1.82) is 0 Å². The van der Waals surface area contributed by atoms with E-state index in [1.807, 2.05) is 25.1 Å². The number of hydrogen-bond acceptors (Lipinski definition) is 3. The number of nitrogens with zero attached hydrogens (tertiary/aromatic N) is 1. The van der Waals surface area contributed by atoms with E-state index in [0.717, 1.165) is 18.6 Å². The second-order valence-corrected chi connectivity index (χ2v) is 8.03. The van der Waals surface area contributed by atoms with Crippen LogP contribution in [0.1, 0.15) is 31.4 Å². The summed E-state index contributed by atoms with van der Waals surface area (Å²) in [5.74, 6) is 0.198. The Morgan fingerprint density at radius 1 is 1.40 bits per heavy atom. The minimum Gasteiger partial charge on any atom is -0.377 e. The van der Waals surface area contributed by atoms with Crippen molar-refractivity contribution in [3.8, 4) is 0 Å². The monoisotopic (exact) mass is 349 g/mol. The lowest BCUT2D eigenvalue weighted by atomic mass is 9.57. The van der Waals surface area contributed by atoms with Gasteiger partial charge in [-0.25, -0.2) is 9.18 Å². The van der Waals surface area contributed by atoms with Crippen LogP contribution in [0.2, 0.25) is 0 Å². The van der Waals surface area contributed by atoms with E-state index in [1.165, 1.54) is 6.07 Å². The molecular weight excluding hydrogens is 321 g/mol. The van der Waals surface area contributed by atoms with Gasteiger partial charge in [0.05, 0.1) is 6.10 Å². The van der Waals surface area contributed by atoms with Crippen LogP contribution in [0.15, 0.2) is 18.2 Å². The van der Waals surface area contributed by atoms with Gasteiger partial charge >= 0.3 is 6.03 Å². The van der Waals surface area contributed by atoms with Crippen LogP contribution in [-0.4, -0.2) is 43.8 Å². The molecule has 5 nitrogen and oxygen atoms in total. The Morgan fingerprint density at radius 3 is 2.88 bits per heavy atom. The molecule has 3 atom stereocenters. The maximum atomic E-state index is 13.8. The summed E-state index contributed by atoms with van der Waals surface area (Å²) in [6.45, 7) is 5.97. The molecule has 1 aromatic rings. The molecule has 0 aromatic heterocycles. The molecule has 3 rings (SSSR count). The molecule has 1 aliphatic heterocycles. The van der Waals surface area contributed by atoms with Crippen molar-refractivity contribution >= 4 is 6.03 Å². The molecule has 138 valence electrons. The van der Waals surface area contributed by atoms with E-state index >= 15 is 0 Å². The van der Waals surface area contributed by atoms with Crippen molar-refractivity contribution in [2.24, 2.45) is 11.3 Å². The third kappa shape index (κ3) is 3.65. The Balaban J connectivity index is 1.54. The summed E-state index contributed by atoms with van der Waals surface area (Å²) in [7, 11) is 3.80. The Labute approximate surface area is 148 Å². The largest absolute Gasteiger partial charge is 0.377 e. The number of hydrogen-bond donors (Lipinski definition) is 2. The van der Waals surface area contributed by atoms with Crippen molar-refractivity contribution in [3.63, 3.8) is 0 Å². The van der Waals surface area contributed by atoms with Gasteiger partial charge in [-0.05, 0) is 38.2 Å². The van der Waals surface area contributed by atoms with Gasteiger partial charge < -0.3 is 20.3 Å². The quantitative estimate of drug-likeness (QED) is 0.859. The highest BCUT2D eigenvalue weighted by Gasteiger charge is 2.59. The molecule has 2 N–H and O–H groups in total. The van der Waals surface area contributed by atoms with Crippen LogP contribution >= 0.6 is 0 Å². The zero-order valence-electron chi connectivity index (χ0n) is 15.4. The number of benzene rings is 1. The number of fused-ring (bicyclic) bond motifs is 1. The molecule has 2 amide bonds. The van der Waals surface area contributed by atoms with E-state index in [4.69, 9.17) is 4.74 Å². The number of nitrogens with one attached hydrogen (secondary N) is 2. The SMILES string of the molecule is CN(C)Cc1cc(CNC(=O)N[C@@H]2[C@H]3CCO[C@@H]3C2(C)C)ccc1F. The Bertz CT molecular complexity index is 648. The molecule has 0 unspecified atom stereocenters. The average Bonchev–Trinajstić information content (AvgIpc) is 3.00. The topological polar surface area (TPSA) is 53.6 Å². The summed E-state index contributed by atoms with van der Waals surface area (Å²) in [6.07, 6.45) is 1.26. The van der Waals surface area contributed by atoms with Crippen molar-refractivity contribution in [3.05, 3.63) is 35.1 Å². The molecule has 6 heteroatoms. The molecule has 0 radical (unpaired) electrons. The molecule has 1 saturated heterocycles. The van der Waals surface area contributed by atoms with Gasteiger partial charge in [-0.15, -0.1) is 0 Å². The molecule has 1 saturated carbocycles. The molecule has 1 aromatic carbocycles. The Hall–Kier alpha value is -1.66. The third-order valence-corrected chi connectivity index (χ3v) is 5.44. The fourth-order valence-electron chi connectivity index (χ4n) is 4.19. The van der Waals surface area contributed by atoms with Crippen LogP contribution in [0.3, 0.4) is 0 Å². The van der Waals surface area contributed by atoms with E-state index in [-0.39, 0.29) is 29.4 Å². The van der Waals surface area contributed by atoms with Gasteiger partial charge in [0.2, 0.25) is 0 Å². The minimum atomic E-state index is -0.217. The van der Waals surface area contributed by atoms with E-state index in [9.17, 15) is 9.18 Å². The molecule has 2 fully saturated rings. The number of ether oxygens (including phenoxy) is 1. The molecule has 1 heterocycles. The minimum absolute atomic E-state index is 0.0345. The van der Waals surface area contributed by atoms with Gasteiger partial charge in [-0.3, -0.25) is 0 Å². The molecule has 25 heavy (non-hydrogen) atoms. The van der Waals surface area contributed by atoms with Gasteiger partial charge in [0.1, 0.15) is 5.82 Å². The summed E-state index contributed by atoms with van der Waals surface area (Å²) in [5.41, 5.74) is 1.49. The zero-order valence-corrected chi connectivity index (χ0v) is 15.4. The van der Waals surface area contributed by atoms with Crippen LogP contribution in [0.5, 0.6) is 0 Å². The van der Waals surface area contributed by atoms with Gasteiger partial charge in [0.15, 0.2) is 0 Å². The number of urea groups is 1. The number of halogens is 1. The highest BCUT2D eigenvalue weighted by Crippen LogP contribution is 2.52. The van der Waals surface area contributed by atoms with Crippen LogP contribution in [0, 0.1) is 17.2 Å². The lowest BCUT2D eigenvalue weighted by Crippen LogP contribution is -2.67. The van der Waals surface area contributed by atoms with Gasteiger partial charge in [0.25, 0.3) is 0 Å². The second-order valence-electron chi connectivity index (χ2n) is 8.03. The second kappa shape index (κ2) is 6.92. The maximum absolute atomic E-state index is 13.8. The molecule has 2 aliphatic rings. The lowest BCUT2D eigenvalue weighted by Gasteiger charge is -2.54. The van der Waals surface area contributed by atoms with Crippen molar-refractivity contribution in [2.45, 2.75) is 45.5 Å². The fraction of sp³-hybridized carbons (Fsp3) is 0.632. The first-order valence-corrected chi connectivity index (χ1v) is 8.87. The van der Waals surface area contributed by atoms with Crippen LogP contribution in [-0.2, 0) is 17.8 Å². The molecule has 1 aliphatic carbocycles. The number of carbonyl (C=O) groups excluding carboxylic acids is 1. The summed E-state index contributed by atoms with van der Waals surface area (Å²) in [6, 6.07) is 4.94. The van der Waals surface area contributed by atoms with Crippen LogP contribution in [0.4, 0.5) is 9.18 Å². The summed E-state index contributed by atoms with van der Waals surface area (Å²) in [5, 5.41) is 5.98. The summed E-state index contributed by atoms with van der Waals surface area (Å²) in [4.78, 5) is 14.2. The third-order valence-electron chi connectivity index (χ3n) is 5.44. The van der Waals surface area contributed by atoms with E-state index in [1.54, 1.807) is 6.07 Å². The summed E-state index contributed by atoms with van der Waals surface area (Å²) < 4.78 is 19.6. The molecule has 0 spiro atoms.